The van der Waals surface area contributed by atoms with Crippen molar-refractivity contribution in [2.24, 2.45) is 5.92 Å². The quantitative estimate of drug-likeness (QED) is 0.187. The van der Waals surface area contributed by atoms with Crippen LogP contribution in [-0.2, 0) is 6.54 Å². The molecule has 4 aromatic heterocycles. The second-order valence-electron chi connectivity index (χ2n) is 10.9. The Balaban J connectivity index is 1.21. The molecule has 0 spiro atoms. The molecular weight excluding hydrogens is 515 g/mol. The number of hydrogen-bond donors (Lipinski definition) is 3. The number of ether oxygens (including phenoxy) is 1. The van der Waals surface area contributed by atoms with Gasteiger partial charge in [0.2, 0.25) is 0 Å². The molecule has 7 nitrogen and oxygen atoms in total. The molecule has 0 aliphatic heterocycles. The van der Waals surface area contributed by atoms with E-state index in [1.807, 2.05) is 24.5 Å². The Hall–Kier alpha value is -4.56. The molecule has 0 radical (unpaired) electrons. The zero-order chi connectivity index (χ0) is 27.8. The number of pyridine rings is 2. The molecule has 6 aromatic rings. The molecule has 0 amide bonds. The molecule has 0 unspecified atom stereocenters. The number of nitrogens with one attached hydrogen (secondary N) is 3. The minimum Gasteiger partial charge on any atom is -0.497 e. The fourth-order valence-electron chi connectivity index (χ4n) is 6.02. The lowest BCUT2D eigenvalue weighted by Crippen LogP contribution is -2.20. The third-order valence-corrected chi connectivity index (χ3v) is 8.15. The summed E-state index contributed by atoms with van der Waals surface area (Å²) in [6.45, 7) is 1.89. The molecule has 1 saturated carbocycles. The molecule has 3 N–H and O–H groups in total. The molecular formula is C33H31FN6O. The number of benzene rings is 2. The Morgan fingerprint density at radius 3 is 2.63 bits per heavy atom. The van der Waals surface area contributed by atoms with Crippen molar-refractivity contribution in [2.45, 2.75) is 32.2 Å². The van der Waals surface area contributed by atoms with Crippen LogP contribution in [-0.4, -0.2) is 38.8 Å². The molecule has 1 aliphatic carbocycles. The minimum atomic E-state index is -0.360. The molecule has 206 valence electrons. The number of hydrogen-bond acceptors (Lipinski definition) is 5. The Kier molecular flexibility index (Phi) is 6.68. The van der Waals surface area contributed by atoms with Gasteiger partial charge in [-0.2, -0.15) is 5.10 Å². The number of halogens is 1. The maximum atomic E-state index is 14.3. The molecule has 41 heavy (non-hydrogen) atoms. The first-order chi connectivity index (χ1) is 20.1. The Morgan fingerprint density at radius 2 is 1.76 bits per heavy atom. The monoisotopic (exact) mass is 546 g/mol. The van der Waals surface area contributed by atoms with Gasteiger partial charge in [0.25, 0.3) is 0 Å². The third-order valence-electron chi connectivity index (χ3n) is 8.15. The van der Waals surface area contributed by atoms with Crippen LogP contribution in [0.3, 0.4) is 0 Å². The highest BCUT2D eigenvalue weighted by molar-refractivity contribution is 6.01. The van der Waals surface area contributed by atoms with Gasteiger partial charge < -0.3 is 15.0 Å². The zero-order valence-corrected chi connectivity index (χ0v) is 22.9. The van der Waals surface area contributed by atoms with E-state index in [1.54, 1.807) is 12.4 Å². The maximum Gasteiger partial charge on any atom is 0.127 e. The van der Waals surface area contributed by atoms with Crippen molar-refractivity contribution in [3.05, 3.63) is 84.7 Å². The summed E-state index contributed by atoms with van der Waals surface area (Å²) in [7, 11) is 1.53. The van der Waals surface area contributed by atoms with Crippen LogP contribution < -0.4 is 10.1 Å². The van der Waals surface area contributed by atoms with E-state index in [1.165, 1.54) is 50.5 Å². The Bertz CT molecular complexity index is 1850. The second-order valence-corrected chi connectivity index (χ2v) is 10.9. The number of fused-ring (bicyclic) bond motifs is 2. The van der Waals surface area contributed by atoms with Gasteiger partial charge in [-0.25, -0.2) is 4.39 Å². The average Bonchev–Trinajstić information content (AvgIpc) is 3.76. The summed E-state index contributed by atoms with van der Waals surface area (Å²) < 4.78 is 19.6. The number of nitrogens with zero attached hydrogens (tertiary/aromatic N) is 3. The van der Waals surface area contributed by atoms with Gasteiger partial charge >= 0.3 is 0 Å². The van der Waals surface area contributed by atoms with Gasteiger partial charge in [-0.15, -0.1) is 0 Å². The SMILES string of the molecule is COc1cc(F)cc(-c2cncc3[nH]c(-c4n[nH]c5ccc(-c6cncc(CNCC7CCCC7)c6)cc45)cc23)c1. The van der Waals surface area contributed by atoms with Crippen LogP contribution in [0.25, 0.3) is 55.4 Å². The normalized spacial score (nSPS) is 13.9. The van der Waals surface area contributed by atoms with E-state index in [9.17, 15) is 4.39 Å². The molecule has 0 atom stereocenters. The van der Waals surface area contributed by atoms with E-state index < -0.39 is 0 Å². The smallest absolute Gasteiger partial charge is 0.127 e. The molecule has 7 rings (SSSR count). The van der Waals surface area contributed by atoms with Crippen LogP contribution in [0.1, 0.15) is 31.2 Å². The van der Waals surface area contributed by atoms with Crippen molar-refractivity contribution >= 4 is 21.8 Å². The fourth-order valence-corrected chi connectivity index (χ4v) is 6.02. The second kappa shape index (κ2) is 10.8. The van der Waals surface area contributed by atoms with Crippen LogP contribution >= 0.6 is 0 Å². The standard InChI is InChI=1S/C33H31FN6O/c1-41-26-10-23(9-25(34)12-26)29-18-37-19-32-27(29)13-31(38-32)33-28-11-22(6-7-30(28)39-40-33)24-8-21(16-36-17-24)15-35-14-20-4-2-3-5-20/h6-13,16-20,35,38H,2-5,14-15H2,1H3,(H,39,40). The summed E-state index contributed by atoms with van der Waals surface area (Å²) in [5.41, 5.74) is 8.29. The third kappa shape index (κ3) is 5.07. The van der Waals surface area contributed by atoms with Crippen LogP contribution in [0.15, 0.2) is 73.3 Å². The molecule has 4 heterocycles. The zero-order valence-electron chi connectivity index (χ0n) is 22.9. The van der Waals surface area contributed by atoms with E-state index >= 15 is 0 Å². The van der Waals surface area contributed by atoms with Crippen molar-refractivity contribution in [1.29, 1.82) is 0 Å². The lowest BCUT2D eigenvalue weighted by Gasteiger charge is -2.11. The van der Waals surface area contributed by atoms with Crippen LogP contribution in [0.4, 0.5) is 4.39 Å². The van der Waals surface area contributed by atoms with Crippen LogP contribution in [0.2, 0.25) is 0 Å². The predicted molar refractivity (Wildman–Crippen MR) is 160 cm³/mol. The molecule has 1 aliphatic rings. The molecule has 1 fully saturated rings. The minimum absolute atomic E-state index is 0.360. The largest absolute Gasteiger partial charge is 0.497 e. The number of H-pyrrole nitrogens is 2. The van der Waals surface area contributed by atoms with Crippen molar-refractivity contribution in [3.8, 4) is 39.4 Å². The van der Waals surface area contributed by atoms with E-state index in [0.717, 1.165) is 68.9 Å². The van der Waals surface area contributed by atoms with E-state index in [-0.39, 0.29) is 5.82 Å². The highest BCUT2D eigenvalue weighted by Gasteiger charge is 2.16. The summed E-state index contributed by atoms with van der Waals surface area (Å²) in [6, 6.07) is 15.2. The Labute approximate surface area is 237 Å². The van der Waals surface area contributed by atoms with Gasteiger partial charge in [-0.3, -0.25) is 15.1 Å². The highest BCUT2D eigenvalue weighted by atomic mass is 19.1. The van der Waals surface area contributed by atoms with Gasteiger partial charge in [0.05, 0.1) is 30.0 Å². The summed E-state index contributed by atoms with van der Waals surface area (Å²) in [6.07, 6.45) is 12.8. The van der Waals surface area contributed by atoms with Gasteiger partial charge in [0, 0.05) is 53.1 Å². The summed E-state index contributed by atoms with van der Waals surface area (Å²) >= 11 is 0. The van der Waals surface area contributed by atoms with E-state index in [2.05, 4.69) is 54.7 Å². The van der Waals surface area contributed by atoms with Crippen LogP contribution in [0.5, 0.6) is 5.75 Å². The van der Waals surface area contributed by atoms with Crippen LogP contribution in [0, 0.1) is 11.7 Å². The average molecular weight is 547 g/mol. The number of rotatable bonds is 8. The first-order valence-corrected chi connectivity index (χ1v) is 14.1. The highest BCUT2D eigenvalue weighted by Crippen LogP contribution is 2.36. The van der Waals surface area contributed by atoms with Gasteiger partial charge in [-0.1, -0.05) is 18.9 Å². The first-order valence-electron chi connectivity index (χ1n) is 14.1. The summed E-state index contributed by atoms with van der Waals surface area (Å²) in [5, 5.41) is 13.4. The molecule has 0 bridgehead atoms. The van der Waals surface area contributed by atoms with Crippen molar-refractivity contribution < 1.29 is 9.13 Å². The first kappa shape index (κ1) is 25.4. The van der Waals surface area contributed by atoms with Gasteiger partial charge in [-0.05, 0) is 78.4 Å². The summed E-state index contributed by atoms with van der Waals surface area (Å²) in [5.74, 6) is 0.907. The number of aromatic nitrogens is 5. The predicted octanol–water partition coefficient (Wildman–Crippen LogP) is 7.26. The summed E-state index contributed by atoms with van der Waals surface area (Å²) in [4.78, 5) is 12.4. The Morgan fingerprint density at radius 1 is 0.878 bits per heavy atom. The van der Waals surface area contributed by atoms with Crippen molar-refractivity contribution in [2.75, 3.05) is 13.7 Å². The number of methoxy groups -OCH3 is 1. The van der Waals surface area contributed by atoms with Crippen molar-refractivity contribution in [3.63, 3.8) is 0 Å². The lowest BCUT2D eigenvalue weighted by molar-refractivity contribution is 0.411. The maximum absolute atomic E-state index is 14.3. The van der Waals surface area contributed by atoms with Crippen molar-refractivity contribution in [1.82, 2.24) is 30.5 Å². The van der Waals surface area contributed by atoms with E-state index in [4.69, 9.17) is 4.74 Å². The molecule has 8 heteroatoms. The van der Waals surface area contributed by atoms with E-state index in [0.29, 0.717) is 11.3 Å². The number of aromatic amines is 2. The van der Waals surface area contributed by atoms with Gasteiger partial charge in [0.1, 0.15) is 17.3 Å². The lowest BCUT2D eigenvalue weighted by atomic mass is 10.0. The topological polar surface area (TPSA) is 91.5 Å². The molecule has 0 saturated heterocycles. The molecule has 2 aromatic carbocycles. The fraction of sp³-hybridized carbons (Fsp3) is 0.242. The van der Waals surface area contributed by atoms with Gasteiger partial charge in [0.15, 0.2) is 0 Å².